The molecule has 0 radical (unpaired) electrons. The molecule has 0 spiro atoms. The van der Waals surface area contributed by atoms with E-state index in [1.807, 2.05) is 0 Å². The summed E-state index contributed by atoms with van der Waals surface area (Å²) in [7, 11) is 0. The van der Waals surface area contributed by atoms with Gasteiger partial charge in [0.15, 0.2) is 0 Å². The highest BCUT2D eigenvalue weighted by Gasteiger charge is 2.47. The van der Waals surface area contributed by atoms with E-state index in [2.05, 4.69) is 20.8 Å². The van der Waals surface area contributed by atoms with E-state index in [0.717, 1.165) is 23.2 Å². The Morgan fingerprint density at radius 2 is 1.85 bits per heavy atom. The fourth-order valence-electron chi connectivity index (χ4n) is 4.20. The van der Waals surface area contributed by atoms with Crippen molar-refractivity contribution in [2.24, 2.45) is 23.2 Å². The van der Waals surface area contributed by atoms with Crippen LogP contribution < -0.4 is 0 Å². The summed E-state index contributed by atoms with van der Waals surface area (Å²) in [5.74, 6) is 3.01. The maximum absolute atomic E-state index is 2.58. The van der Waals surface area contributed by atoms with Gasteiger partial charge < -0.3 is 0 Å². The van der Waals surface area contributed by atoms with Gasteiger partial charge in [-0.1, -0.05) is 33.6 Å². The average molecular weight is 180 g/mol. The third-order valence-electron chi connectivity index (χ3n) is 4.93. The molecule has 2 aliphatic carbocycles. The second-order valence-electron chi connectivity index (χ2n) is 5.88. The van der Waals surface area contributed by atoms with E-state index in [4.69, 9.17) is 0 Å². The summed E-state index contributed by atoms with van der Waals surface area (Å²) >= 11 is 0. The van der Waals surface area contributed by atoms with Crippen LogP contribution in [0.25, 0.3) is 0 Å². The van der Waals surface area contributed by atoms with Crippen LogP contribution in [0.1, 0.15) is 59.3 Å². The van der Waals surface area contributed by atoms with Gasteiger partial charge in [0, 0.05) is 0 Å². The highest BCUT2D eigenvalue weighted by atomic mass is 14.5. The first-order chi connectivity index (χ1) is 6.14. The normalized spacial score (nSPS) is 45.2. The smallest absolute Gasteiger partial charge is 0.0267 e. The Morgan fingerprint density at radius 1 is 1.08 bits per heavy atom. The standard InChI is InChI=1S/C13H24/c1-10(2)12-8-7-11-6-4-5-9-13(11,12)3/h10-12H,4-9H2,1-3H3. The fourth-order valence-corrected chi connectivity index (χ4v) is 4.20. The lowest BCUT2D eigenvalue weighted by Crippen LogP contribution is -2.34. The first kappa shape index (κ1) is 9.55. The zero-order valence-electron chi connectivity index (χ0n) is 9.47. The maximum atomic E-state index is 2.58. The van der Waals surface area contributed by atoms with Crippen molar-refractivity contribution in [3.63, 3.8) is 0 Å². The molecule has 0 heteroatoms. The van der Waals surface area contributed by atoms with E-state index in [1.165, 1.54) is 38.5 Å². The molecule has 0 aromatic rings. The van der Waals surface area contributed by atoms with Gasteiger partial charge in [-0.25, -0.2) is 0 Å². The van der Waals surface area contributed by atoms with Crippen molar-refractivity contribution >= 4 is 0 Å². The molecule has 76 valence electrons. The Balaban J connectivity index is 2.16. The van der Waals surface area contributed by atoms with E-state index in [0.29, 0.717) is 0 Å². The van der Waals surface area contributed by atoms with E-state index in [1.54, 1.807) is 0 Å². The van der Waals surface area contributed by atoms with Crippen molar-refractivity contribution in [2.75, 3.05) is 0 Å². The zero-order chi connectivity index (χ0) is 9.47. The minimum atomic E-state index is 0.729. The van der Waals surface area contributed by atoms with Crippen molar-refractivity contribution in [2.45, 2.75) is 59.3 Å². The van der Waals surface area contributed by atoms with Crippen molar-refractivity contribution < 1.29 is 0 Å². The monoisotopic (exact) mass is 180 g/mol. The van der Waals surface area contributed by atoms with Gasteiger partial charge in [0.05, 0.1) is 0 Å². The maximum Gasteiger partial charge on any atom is -0.0267 e. The lowest BCUT2D eigenvalue weighted by Gasteiger charge is -2.42. The van der Waals surface area contributed by atoms with Crippen LogP contribution in [-0.2, 0) is 0 Å². The van der Waals surface area contributed by atoms with Crippen molar-refractivity contribution in [3.05, 3.63) is 0 Å². The van der Waals surface area contributed by atoms with Crippen molar-refractivity contribution in [1.29, 1.82) is 0 Å². The SMILES string of the molecule is CC(C)C1CCC2CCCCC21C. The van der Waals surface area contributed by atoms with Gasteiger partial charge in [-0.3, -0.25) is 0 Å². The summed E-state index contributed by atoms with van der Waals surface area (Å²) in [5, 5.41) is 0. The predicted molar refractivity (Wildman–Crippen MR) is 57.6 cm³/mol. The van der Waals surface area contributed by atoms with Crippen molar-refractivity contribution in [1.82, 2.24) is 0 Å². The molecule has 2 saturated carbocycles. The van der Waals surface area contributed by atoms with Gasteiger partial charge >= 0.3 is 0 Å². The lowest BCUT2D eigenvalue weighted by molar-refractivity contribution is 0.0745. The molecule has 0 N–H and O–H groups in total. The van der Waals surface area contributed by atoms with Crippen LogP contribution in [0.15, 0.2) is 0 Å². The largest absolute Gasteiger partial charge is 0.0625 e. The van der Waals surface area contributed by atoms with E-state index in [9.17, 15) is 0 Å². The lowest BCUT2D eigenvalue weighted by atomic mass is 9.63. The molecule has 0 heterocycles. The third-order valence-corrected chi connectivity index (χ3v) is 4.93. The van der Waals surface area contributed by atoms with Crippen LogP contribution in [0.2, 0.25) is 0 Å². The second-order valence-corrected chi connectivity index (χ2v) is 5.88. The van der Waals surface area contributed by atoms with Crippen molar-refractivity contribution in [3.8, 4) is 0 Å². The number of rotatable bonds is 1. The number of hydrogen-bond acceptors (Lipinski definition) is 0. The van der Waals surface area contributed by atoms with Crippen LogP contribution in [-0.4, -0.2) is 0 Å². The molecule has 2 fully saturated rings. The van der Waals surface area contributed by atoms with E-state index < -0.39 is 0 Å². The minimum Gasteiger partial charge on any atom is -0.0625 e. The summed E-state index contributed by atoms with van der Waals surface area (Å²) in [6, 6.07) is 0. The highest BCUT2D eigenvalue weighted by molar-refractivity contribution is 4.97. The molecule has 2 rings (SSSR count). The Hall–Kier alpha value is 0. The number of fused-ring (bicyclic) bond motifs is 1. The first-order valence-electron chi connectivity index (χ1n) is 6.14. The van der Waals surface area contributed by atoms with Gasteiger partial charge in [-0.15, -0.1) is 0 Å². The Morgan fingerprint density at radius 3 is 2.54 bits per heavy atom. The van der Waals surface area contributed by atoms with Gasteiger partial charge in [0.2, 0.25) is 0 Å². The summed E-state index contributed by atoms with van der Waals surface area (Å²) in [5.41, 5.74) is 0.729. The molecule has 3 atom stereocenters. The van der Waals surface area contributed by atoms with Crippen LogP contribution in [0.3, 0.4) is 0 Å². The summed E-state index contributed by atoms with van der Waals surface area (Å²) in [6.45, 7) is 7.42. The molecule has 0 bridgehead atoms. The Kier molecular flexibility index (Phi) is 2.42. The zero-order valence-corrected chi connectivity index (χ0v) is 9.47. The molecular formula is C13H24. The summed E-state index contributed by atoms with van der Waals surface area (Å²) in [6.07, 6.45) is 9.08. The fraction of sp³-hybridized carbons (Fsp3) is 1.00. The number of hydrogen-bond donors (Lipinski definition) is 0. The second kappa shape index (κ2) is 3.29. The molecule has 13 heavy (non-hydrogen) atoms. The summed E-state index contributed by atoms with van der Waals surface area (Å²) in [4.78, 5) is 0. The van der Waals surface area contributed by atoms with Gasteiger partial charge in [-0.05, 0) is 48.9 Å². The molecule has 0 nitrogen and oxygen atoms in total. The minimum absolute atomic E-state index is 0.729. The van der Waals surface area contributed by atoms with Crippen LogP contribution in [0, 0.1) is 23.2 Å². The average Bonchev–Trinajstić information content (AvgIpc) is 2.41. The Bertz CT molecular complexity index is 182. The molecular weight excluding hydrogens is 156 g/mol. The first-order valence-corrected chi connectivity index (χ1v) is 6.14. The van der Waals surface area contributed by atoms with Gasteiger partial charge in [0.1, 0.15) is 0 Å². The molecule has 0 amide bonds. The van der Waals surface area contributed by atoms with E-state index in [-0.39, 0.29) is 0 Å². The topological polar surface area (TPSA) is 0 Å². The van der Waals surface area contributed by atoms with Crippen LogP contribution in [0.5, 0.6) is 0 Å². The highest BCUT2D eigenvalue weighted by Crippen LogP contribution is 2.57. The molecule has 0 aliphatic heterocycles. The summed E-state index contributed by atoms with van der Waals surface area (Å²) < 4.78 is 0. The molecule has 0 aromatic carbocycles. The van der Waals surface area contributed by atoms with E-state index >= 15 is 0 Å². The van der Waals surface area contributed by atoms with Gasteiger partial charge in [0.25, 0.3) is 0 Å². The predicted octanol–water partition coefficient (Wildman–Crippen LogP) is 4.25. The molecule has 0 aromatic heterocycles. The molecule has 3 unspecified atom stereocenters. The molecule has 2 aliphatic rings. The third kappa shape index (κ3) is 1.43. The van der Waals surface area contributed by atoms with Gasteiger partial charge in [-0.2, -0.15) is 0 Å². The van der Waals surface area contributed by atoms with Crippen LogP contribution >= 0.6 is 0 Å². The quantitative estimate of drug-likeness (QED) is 0.566. The molecule has 0 saturated heterocycles. The Labute approximate surface area is 83.1 Å². The van der Waals surface area contributed by atoms with Crippen LogP contribution in [0.4, 0.5) is 0 Å².